The van der Waals surface area contributed by atoms with E-state index >= 15 is 0 Å². The van der Waals surface area contributed by atoms with Gasteiger partial charge in [0.15, 0.2) is 9.84 Å². The number of hydrogen-bond acceptors (Lipinski definition) is 7. The summed E-state index contributed by atoms with van der Waals surface area (Å²) in [5.74, 6) is 0.0462. The fourth-order valence-corrected chi connectivity index (χ4v) is 6.12. The van der Waals surface area contributed by atoms with Crippen molar-refractivity contribution >= 4 is 21.7 Å². The molecule has 0 spiro atoms. The molecule has 2 aliphatic rings. The molecule has 32 heavy (non-hydrogen) atoms. The summed E-state index contributed by atoms with van der Waals surface area (Å²) in [5.41, 5.74) is 2.43. The summed E-state index contributed by atoms with van der Waals surface area (Å²) in [6.45, 7) is 6.39. The Morgan fingerprint density at radius 1 is 1.12 bits per heavy atom. The predicted molar refractivity (Wildman–Crippen MR) is 119 cm³/mol. The number of hydrogen-bond donors (Lipinski definition) is 0. The highest BCUT2D eigenvalue weighted by molar-refractivity contribution is 7.91. The van der Waals surface area contributed by atoms with Crippen molar-refractivity contribution in [1.29, 1.82) is 0 Å². The van der Waals surface area contributed by atoms with E-state index in [4.69, 9.17) is 4.74 Å². The molecule has 0 bridgehead atoms. The molecular formula is C22H28N4O5S. The predicted octanol–water partition coefficient (Wildman–Crippen LogP) is 1.30. The van der Waals surface area contributed by atoms with Crippen LogP contribution >= 0.6 is 0 Å². The zero-order valence-electron chi connectivity index (χ0n) is 18.4. The fraction of sp³-hybridized carbons (Fsp3) is 0.500. The summed E-state index contributed by atoms with van der Waals surface area (Å²) >= 11 is 0. The second-order valence-corrected chi connectivity index (χ2v) is 10.4. The Balaban J connectivity index is 1.39. The lowest BCUT2D eigenvalue weighted by Crippen LogP contribution is -2.52. The molecule has 3 heterocycles. The Morgan fingerprint density at radius 2 is 1.81 bits per heavy atom. The van der Waals surface area contributed by atoms with Gasteiger partial charge in [-0.05, 0) is 44.5 Å². The van der Waals surface area contributed by atoms with Crippen molar-refractivity contribution in [1.82, 2.24) is 19.6 Å². The quantitative estimate of drug-likeness (QED) is 0.620. The summed E-state index contributed by atoms with van der Waals surface area (Å²) in [4.78, 5) is 29.0. The number of rotatable bonds is 5. The lowest BCUT2D eigenvalue weighted by molar-refractivity contribution is 0.0524. The van der Waals surface area contributed by atoms with Crippen LogP contribution in [0.5, 0.6) is 0 Å². The lowest BCUT2D eigenvalue weighted by Gasteiger charge is -2.37. The first kappa shape index (κ1) is 22.5. The summed E-state index contributed by atoms with van der Waals surface area (Å²) in [7, 11) is -2.91. The Labute approximate surface area is 187 Å². The average Bonchev–Trinajstić information content (AvgIpc) is 3.35. The molecular weight excluding hydrogens is 432 g/mol. The van der Waals surface area contributed by atoms with Crippen LogP contribution in [0.25, 0.3) is 5.69 Å². The first-order valence-electron chi connectivity index (χ1n) is 10.8. The molecule has 2 saturated heterocycles. The number of piperazine rings is 1. The molecule has 4 rings (SSSR count). The molecule has 1 unspecified atom stereocenters. The third-order valence-electron chi connectivity index (χ3n) is 6.19. The van der Waals surface area contributed by atoms with Gasteiger partial charge < -0.3 is 9.64 Å². The molecule has 0 N–H and O–H groups in total. The zero-order chi connectivity index (χ0) is 22.9. The third kappa shape index (κ3) is 4.56. The molecule has 0 saturated carbocycles. The number of sulfone groups is 1. The van der Waals surface area contributed by atoms with E-state index in [9.17, 15) is 18.0 Å². The van der Waals surface area contributed by atoms with E-state index in [0.29, 0.717) is 56.0 Å². The van der Waals surface area contributed by atoms with Gasteiger partial charge in [0.05, 0.1) is 35.7 Å². The van der Waals surface area contributed by atoms with Gasteiger partial charge in [-0.3, -0.25) is 9.69 Å². The van der Waals surface area contributed by atoms with Gasteiger partial charge in [0, 0.05) is 37.8 Å². The van der Waals surface area contributed by atoms with Crippen LogP contribution in [0.4, 0.5) is 0 Å². The van der Waals surface area contributed by atoms with Crippen LogP contribution in [0.2, 0.25) is 0 Å². The number of benzene rings is 1. The number of ether oxygens (including phenoxy) is 1. The van der Waals surface area contributed by atoms with E-state index in [-0.39, 0.29) is 23.5 Å². The van der Waals surface area contributed by atoms with E-state index in [1.165, 1.54) is 6.20 Å². The molecule has 2 aromatic rings. The van der Waals surface area contributed by atoms with E-state index < -0.39 is 15.8 Å². The van der Waals surface area contributed by atoms with Crippen molar-refractivity contribution in [2.45, 2.75) is 26.3 Å². The number of esters is 1. The Bertz CT molecular complexity index is 1100. The molecule has 172 valence electrons. The average molecular weight is 461 g/mol. The van der Waals surface area contributed by atoms with Crippen LogP contribution < -0.4 is 0 Å². The summed E-state index contributed by atoms with van der Waals surface area (Å²) in [5, 5.41) is 4.28. The zero-order valence-corrected chi connectivity index (χ0v) is 19.2. The van der Waals surface area contributed by atoms with E-state index in [1.807, 2.05) is 17.0 Å². The maximum absolute atomic E-state index is 12.9. The van der Waals surface area contributed by atoms with Crippen molar-refractivity contribution < 1.29 is 22.7 Å². The second kappa shape index (κ2) is 9.03. The highest BCUT2D eigenvalue weighted by atomic mass is 32.2. The van der Waals surface area contributed by atoms with Gasteiger partial charge in [0.25, 0.3) is 5.91 Å². The van der Waals surface area contributed by atoms with Gasteiger partial charge in [-0.2, -0.15) is 5.10 Å². The summed E-state index contributed by atoms with van der Waals surface area (Å²) in [6, 6.07) is 7.22. The van der Waals surface area contributed by atoms with Gasteiger partial charge in [0.2, 0.25) is 0 Å². The maximum atomic E-state index is 12.9. The van der Waals surface area contributed by atoms with Crippen molar-refractivity contribution in [2.24, 2.45) is 0 Å². The smallest absolute Gasteiger partial charge is 0.341 e. The molecule has 0 radical (unpaired) electrons. The number of carbonyl (C=O) groups excluding carboxylic acids is 2. The minimum Gasteiger partial charge on any atom is -0.462 e. The Kier molecular flexibility index (Phi) is 6.34. The van der Waals surface area contributed by atoms with Crippen molar-refractivity contribution in [3.8, 4) is 5.69 Å². The molecule has 10 heteroatoms. The Morgan fingerprint density at radius 3 is 2.41 bits per heavy atom. The fourth-order valence-electron chi connectivity index (χ4n) is 4.36. The first-order valence-corrected chi connectivity index (χ1v) is 12.7. The van der Waals surface area contributed by atoms with Crippen LogP contribution in [0, 0.1) is 6.92 Å². The van der Waals surface area contributed by atoms with Crippen molar-refractivity contribution in [3.63, 3.8) is 0 Å². The third-order valence-corrected chi connectivity index (χ3v) is 7.94. The monoisotopic (exact) mass is 460 g/mol. The van der Waals surface area contributed by atoms with Gasteiger partial charge in [0.1, 0.15) is 5.56 Å². The highest BCUT2D eigenvalue weighted by Crippen LogP contribution is 2.21. The lowest BCUT2D eigenvalue weighted by atomic mass is 10.1. The van der Waals surface area contributed by atoms with Gasteiger partial charge >= 0.3 is 5.97 Å². The minimum atomic E-state index is -2.91. The van der Waals surface area contributed by atoms with Gasteiger partial charge in [-0.1, -0.05) is 0 Å². The standard InChI is InChI=1S/C22H28N4O5S/c1-3-31-22(28)20-14-23-26(16(20)2)18-6-4-17(5-7-18)21(27)25-11-9-24(10-12-25)19-8-13-32(29,30)15-19/h4-7,14,19H,3,8-13,15H2,1-2H3. The van der Waals surface area contributed by atoms with E-state index in [1.54, 1.807) is 30.7 Å². The second-order valence-electron chi connectivity index (χ2n) is 8.21. The van der Waals surface area contributed by atoms with Crippen molar-refractivity contribution in [2.75, 3.05) is 44.3 Å². The van der Waals surface area contributed by atoms with Crippen LogP contribution in [-0.2, 0) is 14.6 Å². The van der Waals surface area contributed by atoms with Crippen LogP contribution in [-0.4, -0.2) is 90.2 Å². The molecule has 1 aromatic heterocycles. The van der Waals surface area contributed by atoms with Gasteiger partial charge in [-0.15, -0.1) is 0 Å². The molecule has 2 fully saturated rings. The normalized spacial score (nSPS) is 20.9. The number of aromatic nitrogens is 2. The molecule has 0 aliphatic carbocycles. The van der Waals surface area contributed by atoms with Crippen LogP contribution in [0.15, 0.2) is 30.5 Å². The highest BCUT2D eigenvalue weighted by Gasteiger charge is 2.34. The minimum absolute atomic E-state index is 0.0420. The van der Waals surface area contributed by atoms with Gasteiger partial charge in [-0.25, -0.2) is 17.9 Å². The molecule has 2 aliphatic heterocycles. The maximum Gasteiger partial charge on any atom is 0.341 e. The molecule has 1 aromatic carbocycles. The molecule has 1 atom stereocenters. The summed E-state index contributed by atoms with van der Waals surface area (Å²) < 4.78 is 30.2. The summed E-state index contributed by atoms with van der Waals surface area (Å²) in [6.07, 6.45) is 2.17. The molecule has 1 amide bonds. The number of carbonyl (C=O) groups is 2. The van der Waals surface area contributed by atoms with Crippen LogP contribution in [0.3, 0.4) is 0 Å². The van der Waals surface area contributed by atoms with E-state index in [2.05, 4.69) is 10.00 Å². The van der Waals surface area contributed by atoms with Crippen LogP contribution in [0.1, 0.15) is 39.8 Å². The first-order chi connectivity index (χ1) is 15.3. The van der Waals surface area contributed by atoms with E-state index in [0.717, 1.165) is 5.69 Å². The number of nitrogens with zero attached hydrogens (tertiary/aromatic N) is 4. The SMILES string of the molecule is CCOC(=O)c1cnn(-c2ccc(C(=O)N3CCN(C4CCS(=O)(=O)C4)CC3)cc2)c1C. The van der Waals surface area contributed by atoms with Crippen molar-refractivity contribution in [3.05, 3.63) is 47.3 Å². The largest absolute Gasteiger partial charge is 0.462 e. The molecule has 9 nitrogen and oxygen atoms in total. The topological polar surface area (TPSA) is 102 Å². The number of amides is 1. The Hall–Kier alpha value is -2.72.